The molecule has 7 heteroatoms. The average Bonchev–Trinajstić information content (AvgIpc) is 2.70. The molecule has 0 atom stereocenters. The van der Waals surface area contributed by atoms with E-state index in [4.69, 9.17) is 0 Å². The van der Waals surface area contributed by atoms with E-state index in [0.717, 1.165) is 30.4 Å². The van der Waals surface area contributed by atoms with E-state index >= 15 is 0 Å². The molecule has 144 valence electrons. The Balaban J connectivity index is 1.62. The minimum absolute atomic E-state index is 0.0227. The van der Waals surface area contributed by atoms with Crippen molar-refractivity contribution >= 4 is 15.9 Å². The summed E-state index contributed by atoms with van der Waals surface area (Å²) in [6.45, 7) is 1.66. The molecule has 1 amide bonds. The number of aromatic nitrogens is 1. The van der Waals surface area contributed by atoms with E-state index < -0.39 is 10.0 Å². The van der Waals surface area contributed by atoms with Crippen LogP contribution in [0.2, 0.25) is 0 Å². The predicted molar refractivity (Wildman–Crippen MR) is 103 cm³/mol. The van der Waals surface area contributed by atoms with Crippen LogP contribution >= 0.6 is 0 Å². The Bertz CT molecular complexity index is 861. The van der Waals surface area contributed by atoms with Crippen molar-refractivity contribution in [2.45, 2.75) is 37.1 Å². The second kappa shape index (κ2) is 8.63. The second-order valence-electron chi connectivity index (χ2n) is 6.90. The largest absolute Gasteiger partial charge is 0.341 e. The van der Waals surface area contributed by atoms with Gasteiger partial charge in [0, 0.05) is 39.1 Å². The van der Waals surface area contributed by atoms with Crippen LogP contribution in [0.15, 0.2) is 53.7 Å². The number of amides is 1. The van der Waals surface area contributed by atoms with Gasteiger partial charge in [0.2, 0.25) is 15.9 Å². The smallest absolute Gasteiger partial charge is 0.243 e. The Morgan fingerprint density at radius 3 is 2.41 bits per heavy atom. The number of carbonyl (C=O) groups excluding carboxylic acids is 1. The average molecular weight is 388 g/mol. The van der Waals surface area contributed by atoms with Gasteiger partial charge in [-0.25, -0.2) is 8.42 Å². The molecular formula is C20H25N3O3S. The summed E-state index contributed by atoms with van der Waals surface area (Å²) in [5, 5.41) is 0. The Hall–Kier alpha value is -2.25. The molecule has 0 spiro atoms. The van der Waals surface area contributed by atoms with Crippen LogP contribution in [-0.2, 0) is 27.8 Å². The van der Waals surface area contributed by atoms with Gasteiger partial charge >= 0.3 is 0 Å². The number of nitrogens with zero attached hydrogens (tertiary/aromatic N) is 3. The molecule has 1 aliphatic rings. The molecule has 1 saturated heterocycles. The van der Waals surface area contributed by atoms with E-state index in [1.165, 1.54) is 0 Å². The summed E-state index contributed by atoms with van der Waals surface area (Å²) in [6, 6.07) is 10.4. The van der Waals surface area contributed by atoms with Gasteiger partial charge in [0.25, 0.3) is 0 Å². The zero-order valence-electron chi connectivity index (χ0n) is 15.5. The van der Waals surface area contributed by atoms with Gasteiger partial charge in [-0.2, -0.15) is 4.31 Å². The first kappa shape index (κ1) is 19.5. The van der Waals surface area contributed by atoms with Crippen molar-refractivity contribution in [2.24, 2.45) is 0 Å². The first-order chi connectivity index (χ1) is 13.0. The number of hydrogen-bond acceptors (Lipinski definition) is 4. The number of benzene rings is 1. The van der Waals surface area contributed by atoms with Gasteiger partial charge < -0.3 is 4.90 Å². The molecule has 6 nitrogen and oxygen atoms in total. The fourth-order valence-electron chi connectivity index (χ4n) is 3.20. The van der Waals surface area contributed by atoms with Crippen molar-refractivity contribution in [1.82, 2.24) is 14.2 Å². The van der Waals surface area contributed by atoms with E-state index in [1.807, 2.05) is 12.1 Å². The van der Waals surface area contributed by atoms with Gasteiger partial charge in [-0.1, -0.05) is 24.6 Å². The summed E-state index contributed by atoms with van der Waals surface area (Å²) in [5.74, 6) is -0.0227. The van der Waals surface area contributed by atoms with Crippen molar-refractivity contribution in [1.29, 1.82) is 0 Å². The Morgan fingerprint density at radius 1 is 1.07 bits per heavy atom. The summed E-state index contributed by atoms with van der Waals surface area (Å²) in [7, 11) is -1.68. The minimum Gasteiger partial charge on any atom is -0.341 e. The predicted octanol–water partition coefficient (Wildman–Crippen LogP) is 2.46. The Labute approximate surface area is 160 Å². The summed E-state index contributed by atoms with van der Waals surface area (Å²) < 4.78 is 26.9. The van der Waals surface area contributed by atoms with Crippen LogP contribution in [0.4, 0.5) is 0 Å². The highest BCUT2D eigenvalue weighted by Crippen LogP contribution is 2.21. The summed E-state index contributed by atoms with van der Waals surface area (Å²) in [5.41, 5.74) is 1.77. The third-order valence-electron chi connectivity index (χ3n) is 4.80. The number of hydrogen-bond donors (Lipinski definition) is 0. The normalized spacial score (nSPS) is 15.4. The number of piperidine rings is 1. The van der Waals surface area contributed by atoms with E-state index in [9.17, 15) is 13.2 Å². The van der Waals surface area contributed by atoms with Crippen LogP contribution in [0, 0.1) is 0 Å². The topological polar surface area (TPSA) is 70.6 Å². The first-order valence-electron chi connectivity index (χ1n) is 9.19. The lowest BCUT2D eigenvalue weighted by molar-refractivity contribution is -0.129. The second-order valence-corrected chi connectivity index (χ2v) is 8.83. The van der Waals surface area contributed by atoms with Crippen molar-refractivity contribution in [3.05, 3.63) is 59.9 Å². The van der Waals surface area contributed by atoms with Gasteiger partial charge in [-0.3, -0.25) is 9.78 Å². The lowest BCUT2D eigenvalue weighted by Crippen LogP contribution is -2.35. The highest BCUT2D eigenvalue weighted by molar-refractivity contribution is 7.89. The molecule has 2 heterocycles. The van der Waals surface area contributed by atoms with Crippen molar-refractivity contribution in [3.63, 3.8) is 0 Å². The van der Waals surface area contributed by atoms with Crippen LogP contribution in [-0.4, -0.2) is 48.7 Å². The molecule has 0 unspecified atom stereocenters. The summed E-state index contributed by atoms with van der Waals surface area (Å²) in [4.78, 5) is 18.4. The maximum Gasteiger partial charge on any atom is 0.243 e. The van der Waals surface area contributed by atoms with Gasteiger partial charge in [-0.05, 0) is 42.2 Å². The van der Waals surface area contributed by atoms with E-state index in [2.05, 4.69) is 4.98 Å². The molecular weight excluding hydrogens is 362 g/mol. The molecule has 0 aliphatic carbocycles. The number of likely N-dealkylation sites (N-methyl/N-ethyl adjacent to an activating group) is 1. The molecule has 1 aromatic carbocycles. The van der Waals surface area contributed by atoms with Gasteiger partial charge in [0.15, 0.2) is 0 Å². The van der Waals surface area contributed by atoms with E-state index in [0.29, 0.717) is 24.5 Å². The minimum atomic E-state index is -3.43. The Kier molecular flexibility index (Phi) is 6.23. The molecule has 3 rings (SSSR count). The quantitative estimate of drug-likeness (QED) is 0.763. The van der Waals surface area contributed by atoms with Crippen LogP contribution < -0.4 is 0 Å². The van der Waals surface area contributed by atoms with Crippen molar-refractivity contribution in [3.8, 4) is 0 Å². The lowest BCUT2D eigenvalue weighted by atomic mass is 10.1. The number of rotatable bonds is 6. The molecule has 27 heavy (non-hydrogen) atoms. The monoisotopic (exact) mass is 387 g/mol. The third kappa shape index (κ3) is 4.93. The van der Waals surface area contributed by atoms with Crippen molar-refractivity contribution < 1.29 is 13.2 Å². The molecule has 0 N–H and O–H groups in total. The molecule has 1 aromatic heterocycles. The zero-order valence-corrected chi connectivity index (χ0v) is 16.4. The maximum atomic E-state index is 12.7. The molecule has 0 saturated carbocycles. The van der Waals surface area contributed by atoms with Crippen LogP contribution in [0.25, 0.3) is 0 Å². The summed E-state index contributed by atoms with van der Waals surface area (Å²) >= 11 is 0. The maximum absolute atomic E-state index is 12.7. The van der Waals surface area contributed by atoms with Crippen LogP contribution in [0.1, 0.15) is 30.4 Å². The Morgan fingerprint density at radius 2 is 1.78 bits per heavy atom. The summed E-state index contributed by atoms with van der Waals surface area (Å²) in [6.07, 6.45) is 6.58. The zero-order chi connectivity index (χ0) is 19.3. The van der Waals surface area contributed by atoms with Gasteiger partial charge in [-0.15, -0.1) is 0 Å². The lowest BCUT2D eigenvalue weighted by Gasteiger charge is -2.25. The standard InChI is InChI=1S/C20H25N3O3S/c1-22(16-18-6-5-11-21-15-18)20(24)14-17-7-9-19(10-8-17)27(25,26)23-12-3-2-4-13-23/h5-11,15H,2-4,12-14,16H2,1H3. The number of pyridine rings is 1. The fourth-order valence-corrected chi connectivity index (χ4v) is 4.71. The third-order valence-corrected chi connectivity index (χ3v) is 6.71. The van der Waals surface area contributed by atoms with E-state index in [-0.39, 0.29) is 12.3 Å². The number of carbonyl (C=O) groups is 1. The molecule has 2 aromatic rings. The molecule has 1 fully saturated rings. The first-order valence-corrected chi connectivity index (χ1v) is 10.6. The molecule has 1 aliphatic heterocycles. The molecule has 0 bridgehead atoms. The van der Waals surface area contributed by atoms with Crippen LogP contribution in [0.3, 0.4) is 0 Å². The highest BCUT2D eigenvalue weighted by atomic mass is 32.2. The van der Waals surface area contributed by atoms with Gasteiger partial charge in [0.1, 0.15) is 0 Å². The van der Waals surface area contributed by atoms with Crippen LogP contribution in [0.5, 0.6) is 0 Å². The van der Waals surface area contributed by atoms with Gasteiger partial charge in [0.05, 0.1) is 11.3 Å². The van der Waals surface area contributed by atoms with E-state index in [1.54, 1.807) is 52.9 Å². The number of sulfonamides is 1. The fraction of sp³-hybridized carbons (Fsp3) is 0.400. The SMILES string of the molecule is CN(Cc1cccnc1)C(=O)Cc1ccc(S(=O)(=O)N2CCCCC2)cc1. The molecule has 0 radical (unpaired) electrons. The highest BCUT2D eigenvalue weighted by Gasteiger charge is 2.25. The van der Waals surface area contributed by atoms with Crippen molar-refractivity contribution in [2.75, 3.05) is 20.1 Å².